The van der Waals surface area contributed by atoms with Crippen molar-refractivity contribution in [1.29, 1.82) is 0 Å². The van der Waals surface area contributed by atoms with Gasteiger partial charge in [-0.15, -0.1) is 0 Å². The van der Waals surface area contributed by atoms with Gasteiger partial charge in [0.2, 0.25) is 0 Å². The SMILES string of the molecule is CCC(O)(CC)CN(CC1CCNCC1)C1CC1. The van der Waals surface area contributed by atoms with Crippen molar-refractivity contribution in [3.63, 3.8) is 0 Å². The highest BCUT2D eigenvalue weighted by Crippen LogP contribution is 2.31. The summed E-state index contributed by atoms with van der Waals surface area (Å²) >= 11 is 0. The van der Waals surface area contributed by atoms with Crippen molar-refractivity contribution in [2.45, 2.75) is 64.0 Å². The van der Waals surface area contributed by atoms with Crippen LogP contribution in [0.1, 0.15) is 52.4 Å². The van der Waals surface area contributed by atoms with E-state index in [1.807, 2.05) is 0 Å². The largest absolute Gasteiger partial charge is 0.389 e. The molecule has 1 saturated carbocycles. The quantitative estimate of drug-likeness (QED) is 0.729. The molecular weight excluding hydrogens is 224 g/mol. The van der Waals surface area contributed by atoms with Gasteiger partial charge in [0.25, 0.3) is 0 Å². The molecule has 1 aliphatic heterocycles. The highest BCUT2D eigenvalue weighted by molar-refractivity contribution is 4.91. The second kappa shape index (κ2) is 6.36. The van der Waals surface area contributed by atoms with Gasteiger partial charge >= 0.3 is 0 Å². The molecule has 18 heavy (non-hydrogen) atoms. The second-order valence-electron chi connectivity index (χ2n) is 6.29. The summed E-state index contributed by atoms with van der Waals surface area (Å²) in [4.78, 5) is 2.59. The van der Waals surface area contributed by atoms with Crippen LogP contribution in [0.15, 0.2) is 0 Å². The fourth-order valence-corrected chi connectivity index (χ4v) is 3.03. The van der Waals surface area contributed by atoms with Gasteiger partial charge < -0.3 is 10.4 Å². The van der Waals surface area contributed by atoms with Crippen LogP contribution in [0.2, 0.25) is 0 Å². The topological polar surface area (TPSA) is 35.5 Å². The Kier molecular flexibility index (Phi) is 5.05. The molecule has 0 aromatic heterocycles. The zero-order valence-corrected chi connectivity index (χ0v) is 12.1. The molecule has 3 heteroatoms. The normalized spacial score (nSPS) is 22.7. The molecule has 0 radical (unpaired) electrons. The van der Waals surface area contributed by atoms with Gasteiger partial charge in [-0.25, -0.2) is 0 Å². The van der Waals surface area contributed by atoms with Gasteiger partial charge in [0.05, 0.1) is 5.60 Å². The van der Waals surface area contributed by atoms with Gasteiger partial charge in [0.1, 0.15) is 0 Å². The number of hydrogen-bond donors (Lipinski definition) is 2. The Morgan fingerprint density at radius 2 is 1.72 bits per heavy atom. The number of nitrogens with one attached hydrogen (secondary N) is 1. The van der Waals surface area contributed by atoms with Crippen LogP contribution in [0.4, 0.5) is 0 Å². The lowest BCUT2D eigenvalue weighted by molar-refractivity contribution is -0.0106. The van der Waals surface area contributed by atoms with E-state index in [2.05, 4.69) is 24.1 Å². The molecule has 2 rings (SSSR count). The third-order valence-electron chi connectivity index (χ3n) is 4.83. The Balaban J connectivity index is 1.87. The van der Waals surface area contributed by atoms with Gasteiger partial charge in [0.15, 0.2) is 0 Å². The first-order valence-corrected chi connectivity index (χ1v) is 7.84. The fourth-order valence-electron chi connectivity index (χ4n) is 3.03. The number of aliphatic hydroxyl groups is 1. The first-order chi connectivity index (χ1) is 8.67. The fraction of sp³-hybridized carbons (Fsp3) is 1.00. The molecule has 0 aromatic carbocycles. The summed E-state index contributed by atoms with van der Waals surface area (Å²) < 4.78 is 0. The standard InChI is InChI=1S/C15H30N2O/c1-3-15(18,4-2)12-17(14-5-6-14)11-13-7-9-16-10-8-13/h13-14,16,18H,3-12H2,1-2H3. The summed E-state index contributed by atoms with van der Waals surface area (Å²) in [7, 11) is 0. The number of rotatable bonds is 7. The van der Waals surface area contributed by atoms with E-state index < -0.39 is 5.60 Å². The first-order valence-electron chi connectivity index (χ1n) is 7.84. The zero-order chi connectivity index (χ0) is 13.0. The summed E-state index contributed by atoms with van der Waals surface area (Å²) in [5, 5.41) is 14.0. The Morgan fingerprint density at radius 3 is 2.22 bits per heavy atom. The maximum absolute atomic E-state index is 10.6. The monoisotopic (exact) mass is 254 g/mol. The van der Waals surface area contributed by atoms with Crippen LogP contribution >= 0.6 is 0 Å². The van der Waals surface area contributed by atoms with Crippen LogP contribution in [0.25, 0.3) is 0 Å². The first kappa shape index (κ1) is 14.3. The van der Waals surface area contributed by atoms with Crippen molar-refractivity contribution >= 4 is 0 Å². The average Bonchev–Trinajstić information content (AvgIpc) is 3.23. The van der Waals surface area contributed by atoms with Gasteiger partial charge in [-0.2, -0.15) is 0 Å². The van der Waals surface area contributed by atoms with Crippen molar-refractivity contribution in [2.75, 3.05) is 26.2 Å². The van der Waals surface area contributed by atoms with Gasteiger partial charge in [-0.05, 0) is 57.5 Å². The lowest BCUT2D eigenvalue weighted by atomic mass is 9.94. The third-order valence-corrected chi connectivity index (χ3v) is 4.83. The molecule has 0 aromatic rings. The van der Waals surface area contributed by atoms with Crippen molar-refractivity contribution in [2.24, 2.45) is 5.92 Å². The van der Waals surface area contributed by atoms with Crippen molar-refractivity contribution in [3.8, 4) is 0 Å². The number of piperidine rings is 1. The Labute approximate surface area is 112 Å². The van der Waals surface area contributed by atoms with E-state index in [1.54, 1.807) is 0 Å². The average molecular weight is 254 g/mol. The minimum Gasteiger partial charge on any atom is -0.389 e. The maximum Gasteiger partial charge on any atom is 0.0769 e. The molecule has 1 heterocycles. The predicted octanol–water partition coefficient (Wildman–Crippen LogP) is 2.00. The molecule has 3 nitrogen and oxygen atoms in total. The van der Waals surface area contributed by atoms with E-state index in [0.29, 0.717) is 0 Å². The molecule has 1 aliphatic carbocycles. The number of hydrogen-bond acceptors (Lipinski definition) is 3. The van der Waals surface area contributed by atoms with Crippen molar-refractivity contribution in [3.05, 3.63) is 0 Å². The van der Waals surface area contributed by atoms with E-state index >= 15 is 0 Å². The van der Waals surface area contributed by atoms with Crippen LogP contribution in [0.3, 0.4) is 0 Å². The van der Waals surface area contributed by atoms with Crippen LogP contribution in [0, 0.1) is 5.92 Å². The molecule has 2 fully saturated rings. The van der Waals surface area contributed by atoms with E-state index in [9.17, 15) is 5.11 Å². The lowest BCUT2D eigenvalue weighted by Gasteiger charge is -2.36. The molecule has 0 amide bonds. The van der Waals surface area contributed by atoms with E-state index in [-0.39, 0.29) is 0 Å². The molecular formula is C15H30N2O. The molecule has 0 spiro atoms. The van der Waals surface area contributed by atoms with Gasteiger partial charge in [-0.1, -0.05) is 13.8 Å². The molecule has 1 saturated heterocycles. The summed E-state index contributed by atoms with van der Waals surface area (Å²) in [5.41, 5.74) is -0.463. The van der Waals surface area contributed by atoms with Crippen molar-refractivity contribution < 1.29 is 5.11 Å². The summed E-state index contributed by atoms with van der Waals surface area (Å²) in [6.45, 7) is 8.66. The summed E-state index contributed by atoms with van der Waals surface area (Å²) in [5.74, 6) is 0.838. The number of nitrogens with zero attached hydrogens (tertiary/aromatic N) is 1. The molecule has 0 atom stereocenters. The highest BCUT2D eigenvalue weighted by atomic mass is 16.3. The maximum atomic E-state index is 10.6. The van der Waals surface area contributed by atoms with Crippen LogP contribution < -0.4 is 5.32 Å². The summed E-state index contributed by atoms with van der Waals surface area (Å²) in [6, 6.07) is 0.768. The van der Waals surface area contributed by atoms with E-state index in [0.717, 1.165) is 31.3 Å². The van der Waals surface area contributed by atoms with Crippen molar-refractivity contribution in [1.82, 2.24) is 10.2 Å². The molecule has 0 unspecified atom stereocenters. The van der Waals surface area contributed by atoms with Crippen LogP contribution in [0.5, 0.6) is 0 Å². The van der Waals surface area contributed by atoms with Crippen LogP contribution in [-0.2, 0) is 0 Å². The lowest BCUT2D eigenvalue weighted by Crippen LogP contribution is -2.46. The van der Waals surface area contributed by atoms with E-state index in [4.69, 9.17) is 0 Å². The molecule has 0 bridgehead atoms. The minimum atomic E-state index is -0.463. The van der Waals surface area contributed by atoms with E-state index in [1.165, 1.54) is 45.3 Å². The third kappa shape index (κ3) is 3.94. The predicted molar refractivity (Wildman–Crippen MR) is 75.7 cm³/mol. The zero-order valence-electron chi connectivity index (χ0n) is 12.1. The van der Waals surface area contributed by atoms with Gasteiger partial charge in [-0.3, -0.25) is 4.90 Å². The minimum absolute atomic E-state index is 0.463. The van der Waals surface area contributed by atoms with Gasteiger partial charge in [0, 0.05) is 19.1 Å². The second-order valence-corrected chi connectivity index (χ2v) is 6.29. The van der Waals surface area contributed by atoms with Crippen LogP contribution in [-0.4, -0.2) is 47.8 Å². The Bertz CT molecular complexity index is 243. The Morgan fingerprint density at radius 1 is 1.11 bits per heavy atom. The highest BCUT2D eigenvalue weighted by Gasteiger charge is 2.35. The smallest absolute Gasteiger partial charge is 0.0769 e. The molecule has 106 valence electrons. The molecule has 2 N–H and O–H groups in total. The summed E-state index contributed by atoms with van der Waals surface area (Å²) in [6.07, 6.45) is 7.04. The molecule has 2 aliphatic rings. The Hall–Kier alpha value is -0.120.